The molecule has 2 aromatic rings. The molecule has 0 fully saturated rings. The van der Waals surface area contributed by atoms with E-state index in [0.29, 0.717) is 10.6 Å². The second-order valence-corrected chi connectivity index (χ2v) is 7.61. The van der Waals surface area contributed by atoms with Crippen molar-refractivity contribution in [3.8, 4) is 0 Å². The van der Waals surface area contributed by atoms with Gasteiger partial charge in [0.05, 0.1) is 4.90 Å². The van der Waals surface area contributed by atoms with Crippen molar-refractivity contribution in [1.82, 2.24) is 4.72 Å². The predicted molar refractivity (Wildman–Crippen MR) is 98.7 cm³/mol. The average Bonchev–Trinajstić information content (AvgIpc) is 2.60. The number of hydrogen-bond acceptors (Lipinski definition) is 4. The smallest absolute Gasteiger partial charge is 0.321 e. The number of rotatable bonds is 7. The van der Waals surface area contributed by atoms with E-state index < -0.39 is 22.0 Å². The van der Waals surface area contributed by atoms with Crippen molar-refractivity contribution in [2.24, 2.45) is 0 Å². The number of sulfonamides is 1. The summed E-state index contributed by atoms with van der Waals surface area (Å²) in [6, 6.07) is 10.9. The maximum absolute atomic E-state index is 12.2. The molecule has 0 radical (unpaired) electrons. The topological polar surface area (TPSA) is 101 Å². The summed E-state index contributed by atoms with van der Waals surface area (Å²) in [5, 5.41) is 9.38. The lowest BCUT2D eigenvalue weighted by Crippen LogP contribution is -2.38. The highest BCUT2D eigenvalue weighted by atomic mass is 35.5. The van der Waals surface area contributed by atoms with Crippen LogP contribution in [-0.4, -0.2) is 31.3 Å². The van der Waals surface area contributed by atoms with Gasteiger partial charge in [0.25, 0.3) is 0 Å². The van der Waals surface area contributed by atoms with Crippen LogP contribution in [0.5, 0.6) is 0 Å². The van der Waals surface area contributed by atoms with Gasteiger partial charge >= 0.3 is 5.97 Å². The van der Waals surface area contributed by atoms with Gasteiger partial charge in [-0.2, -0.15) is 4.72 Å². The zero-order valence-electron chi connectivity index (χ0n) is 13.7. The molecule has 2 rings (SSSR count). The van der Waals surface area contributed by atoms with Crippen molar-refractivity contribution in [2.45, 2.75) is 17.9 Å². The van der Waals surface area contributed by atoms with E-state index >= 15 is 0 Å². The molecule has 2 N–H and O–H groups in total. The normalized spacial score (nSPS) is 12.8. The van der Waals surface area contributed by atoms with Crippen molar-refractivity contribution in [3.05, 3.63) is 70.8 Å². The maximum atomic E-state index is 12.2. The van der Waals surface area contributed by atoms with Crippen molar-refractivity contribution < 1.29 is 23.1 Å². The van der Waals surface area contributed by atoms with E-state index in [2.05, 4.69) is 0 Å². The molecule has 26 heavy (non-hydrogen) atoms. The Morgan fingerprint density at radius 3 is 2.19 bits per heavy atom. The highest BCUT2D eigenvalue weighted by Gasteiger charge is 2.21. The van der Waals surface area contributed by atoms with Crippen LogP contribution in [0.3, 0.4) is 0 Å². The maximum Gasteiger partial charge on any atom is 0.321 e. The second kappa shape index (κ2) is 8.27. The molecular formula is C18H16ClNO5S. The number of aliphatic carboxylic acids is 1. The molecule has 2 aromatic carbocycles. The Bertz CT molecular complexity index is 935. The molecule has 0 bridgehead atoms. The molecule has 0 spiro atoms. The van der Waals surface area contributed by atoms with Gasteiger partial charge in [-0.3, -0.25) is 9.59 Å². The monoisotopic (exact) mass is 393 g/mol. The summed E-state index contributed by atoms with van der Waals surface area (Å²) in [7, 11) is -3.98. The number of carbonyl (C=O) groups is 2. The van der Waals surface area contributed by atoms with Crippen LogP contribution in [0.1, 0.15) is 22.8 Å². The Kier molecular flexibility index (Phi) is 6.31. The molecule has 1 atom stereocenters. The number of benzene rings is 2. The number of allylic oxidation sites excluding steroid dienone is 1. The van der Waals surface area contributed by atoms with Crippen LogP contribution < -0.4 is 4.72 Å². The van der Waals surface area contributed by atoms with Crippen molar-refractivity contribution in [1.29, 1.82) is 0 Å². The Morgan fingerprint density at radius 1 is 1.08 bits per heavy atom. The first-order valence-electron chi connectivity index (χ1n) is 7.52. The molecule has 0 aliphatic rings. The molecule has 0 aliphatic carbocycles. The van der Waals surface area contributed by atoms with Crippen LogP contribution in [0.15, 0.2) is 59.5 Å². The van der Waals surface area contributed by atoms with Gasteiger partial charge in [-0.15, -0.1) is 0 Å². The highest BCUT2D eigenvalue weighted by molar-refractivity contribution is 7.89. The Hall–Kier alpha value is -2.48. The van der Waals surface area contributed by atoms with Gasteiger partial charge in [-0.1, -0.05) is 29.8 Å². The van der Waals surface area contributed by atoms with Crippen molar-refractivity contribution in [2.75, 3.05) is 0 Å². The summed E-state index contributed by atoms with van der Waals surface area (Å²) in [5.41, 5.74) is 1.11. The number of carbonyl (C=O) groups excluding carboxylic acids is 1. The van der Waals surface area contributed by atoms with Gasteiger partial charge < -0.3 is 5.11 Å². The largest absolute Gasteiger partial charge is 0.480 e. The molecule has 136 valence electrons. The summed E-state index contributed by atoms with van der Waals surface area (Å²) in [6.45, 7) is 1.22. The van der Waals surface area contributed by atoms with Gasteiger partial charge in [0.15, 0.2) is 5.78 Å². The van der Waals surface area contributed by atoms with Gasteiger partial charge in [-0.25, -0.2) is 8.42 Å². The van der Waals surface area contributed by atoms with E-state index in [9.17, 15) is 18.0 Å². The van der Waals surface area contributed by atoms with E-state index in [0.717, 1.165) is 5.56 Å². The first-order valence-corrected chi connectivity index (χ1v) is 9.38. The SMILES string of the molecule is C[C@H](NS(=O)(=O)c1ccc(C(=O)/C=C\c2ccc(Cl)cc2)cc1)C(=O)O. The predicted octanol–water partition coefficient (Wildman–Crippen LogP) is 2.99. The minimum absolute atomic E-state index is 0.121. The lowest BCUT2D eigenvalue weighted by atomic mass is 10.1. The van der Waals surface area contributed by atoms with Gasteiger partial charge in [0, 0.05) is 10.6 Å². The van der Waals surface area contributed by atoms with Crippen LogP contribution in [0.25, 0.3) is 6.08 Å². The van der Waals surface area contributed by atoms with Gasteiger partial charge in [0.1, 0.15) is 6.04 Å². The summed E-state index contributed by atoms with van der Waals surface area (Å²) in [5.74, 6) is -1.58. The number of carboxylic acids is 1. The third kappa shape index (κ3) is 5.26. The Balaban J connectivity index is 2.12. The average molecular weight is 394 g/mol. The number of nitrogens with one attached hydrogen (secondary N) is 1. The van der Waals surface area contributed by atoms with Gasteiger partial charge in [0.2, 0.25) is 10.0 Å². The minimum Gasteiger partial charge on any atom is -0.480 e. The summed E-state index contributed by atoms with van der Waals surface area (Å²) >= 11 is 5.79. The van der Waals surface area contributed by atoms with E-state index in [-0.39, 0.29) is 10.7 Å². The molecule has 0 heterocycles. The molecule has 8 heteroatoms. The van der Waals surface area contributed by atoms with E-state index in [1.807, 2.05) is 4.72 Å². The molecule has 0 aliphatic heterocycles. The van der Waals surface area contributed by atoms with Crippen LogP contribution in [0.4, 0.5) is 0 Å². The molecular weight excluding hydrogens is 378 g/mol. The molecule has 0 amide bonds. The quantitative estimate of drug-likeness (QED) is 0.556. The zero-order valence-corrected chi connectivity index (χ0v) is 15.3. The third-order valence-corrected chi connectivity index (χ3v) is 5.26. The standard InChI is InChI=1S/C18H16ClNO5S/c1-12(18(22)23)20-26(24,25)16-9-5-14(6-10-16)17(21)11-4-13-2-7-15(19)8-3-13/h2-12,20H,1H3,(H,22,23)/b11-4-/t12-/m0/s1. The molecule has 0 aromatic heterocycles. The lowest BCUT2D eigenvalue weighted by Gasteiger charge is -2.10. The van der Waals surface area contributed by atoms with Crippen LogP contribution in [0, 0.1) is 0 Å². The number of hydrogen-bond donors (Lipinski definition) is 2. The van der Waals surface area contributed by atoms with Crippen LogP contribution in [0.2, 0.25) is 5.02 Å². The van der Waals surface area contributed by atoms with E-state index in [1.165, 1.54) is 37.3 Å². The first-order chi connectivity index (χ1) is 12.2. The van der Waals surface area contributed by atoms with Gasteiger partial charge in [-0.05, 0) is 55.0 Å². The Morgan fingerprint density at radius 2 is 1.65 bits per heavy atom. The number of halogens is 1. The second-order valence-electron chi connectivity index (χ2n) is 5.45. The molecule has 0 unspecified atom stereocenters. The van der Waals surface area contributed by atoms with Crippen molar-refractivity contribution in [3.63, 3.8) is 0 Å². The fourth-order valence-corrected chi connectivity index (χ4v) is 3.31. The molecule has 6 nitrogen and oxygen atoms in total. The van der Waals surface area contributed by atoms with E-state index in [4.69, 9.17) is 16.7 Å². The zero-order chi connectivity index (χ0) is 19.3. The summed E-state index contributed by atoms with van der Waals surface area (Å²) in [6.07, 6.45) is 3.00. The summed E-state index contributed by atoms with van der Waals surface area (Å²) < 4.78 is 26.2. The number of carboxylic acid groups (broad SMARTS) is 1. The Labute approximate surface area is 156 Å². The summed E-state index contributed by atoms with van der Waals surface area (Å²) in [4.78, 5) is 22.8. The van der Waals surface area contributed by atoms with Crippen LogP contribution >= 0.6 is 11.6 Å². The minimum atomic E-state index is -3.98. The highest BCUT2D eigenvalue weighted by Crippen LogP contribution is 2.14. The molecule has 0 saturated heterocycles. The van der Waals surface area contributed by atoms with Crippen LogP contribution in [-0.2, 0) is 14.8 Å². The lowest BCUT2D eigenvalue weighted by molar-refractivity contribution is -0.138. The third-order valence-electron chi connectivity index (χ3n) is 3.45. The first kappa shape index (κ1) is 19.8. The number of ketones is 1. The van der Waals surface area contributed by atoms with Crippen molar-refractivity contribution >= 4 is 39.5 Å². The fourth-order valence-electron chi connectivity index (χ4n) is 1.99. The molecule has 0 saturated carbocycles. The van der Waals surface area contributed by atoms with E-state index in [1.54, 1.807) is 30.3 Å². The fraction of sp³-hybridized carbons (Fsp3) is 0.111.